The van der Waals surface area contributed by atoms with Crippen molar-refractivity contribution in [3.05, 3.63) is 125 Å². The summed E-state index contributed by atoms with van der Waals surface area (Å²) in [6.45, 7) is 5.77. The van der Waals surface area contributed by atoms with E-state index in [1.165, 1.54) is 36.0 Å². The summed E-state index contributed by atoms with van der Waals surface area (Å²) < 4.78 is 6.52. The molecule has 2 aliphatic heterocycles. The number of benzene rings is 3. The molecule has 2 unspecified atom stereocenters. The molecule has 2 atom stereocenters. The summed E-state index contributed by atoms with van der Waals surface area (Å²) in [5.41, 5.74) is 4.76. The predicted molar refractivity (Wildman–Crippen MR) is 175 cm³/mol. The molecule has 0 spiro atoms. The lowest BCUT2D eigenvalue weighted by molar-refractivity contribution is 0.0859. The molecule has 3 aromatic carbocycles. The van der Waals surface area contributed by atoms with Crippen molar-refractivity contribution in [3.8, 4) is 5.75 Å². The van der Waals surface area contributed by atoms with E-state index in [0.717, 1.165) is 57.7 Å². The zero-order valence-corrected chi connectivity index (χ0v) is 25.2. The van der Waals surface area contributed by atoms with Crippen molar-refractivity contribution >= 4 is 5.91 Å². The molecular formula is C38H45N3O2. The highest BCUT2D eigenvalue weighted by Crippen LogP contribution is 2.28. The number of carbonyl (C=O) groups excluding carboxylic acids is 1. The van der Waals surface area contributed by atoms with Crippen LogP contribution in [0.15, 0.2) is 109 Å². The van der Waals surface area contributed by atoms with Gasteiger partial charge in [0.1, 0.15) is 11.9 Å². The van der Waals surface area contributed by atoms with Crippen molar-refractivity contribution in [3.63, 3.8) is 0 Å². The highest BCUT2D eigenvalue weighted by atomic mass is 16.5. The Labute approximate surface area is 257 Å². The predicted octanol–water partition coefficient (Wildman–Crippen LogP) is 6.83. The van der Waals surface area contributed by atoms with Crippen LogP contribution in [-0.2, 0) is 0 Å². The summed E-state index contributed by atoms with van der Waals surface area (Å²) in [5.74, 6) is 1.06. The number of allylic oxidation sites excluding steroid dienone is 3. The molecule has 6 rings (SSSR count). The zero-order chi connectivity index (χ0) is 29.3. The summed E-state index contributed by atoms with van der Waals surface area (Å²) in [5, 5.41) is 3.25. The van der Waals surface area contributed by atoms with Gasteiger partial charge in [-0.3, -0.25) is 14.6 Å². The van der Waals surface area contributed by atoms with Gasteiger partial charge < -0.3 is 10.1 Å². The second-order valence-corrected chi connectivity index (χ2v) is 12.2. The molecule has 3 aliphatic rings. The van der Waals surface area contributed by atoms with Crippen molar-refractivity contribution in [2.24, 2.45) is 0 Å². The van der Waals surface area contributed by atoms with Crippen molar-refractivity contribution in [1.82, 2.24) is 15.1 Å². The maximum atomic E-state index is 13.3. The highest BCUT2D eigenvalue weighted by Gasteiger charge is 2.27. The van der Waals surface area contributed by atoms with E-state index in [0.29, 0.717) is 18.0 Å². The molecule has 0 radical (unpaired) electrons. The molecule has 1 aliphatic carbocycles. The minimum atomic E-state index is -0.0298. The number of amides is 1. The molecule has 224 valence electrons. The lowest BCUT2D eigenvalue weighted by Gasteiger charge is -2.35. The number of rotatable bonds is 11. The van der Waals surface area contributed by atoms with Gasteiger partial charge in [-0.1, -0.05) is 91.4 Å². The van der Waals surface area contributed by atoms with Crippen LogP contribution in [0.5, 0.6) is 5.75 Å². The van der Waals surface area contributed by atoms with Crippen LogP contribution in [0.2, 0.25) is 0 Å². The molecule has 2 saturated heterocycles. The summed E-state index contributed by atoms with van der Waals surface area (Å²) in [6.07, 6.45) is 13.6. The van der Waals surface area contributed by atoms with Crippen LogP contribution < -0.4 is 10.1 Å². The maximum absolute atomic E-state index is 13.3. The standard InChI is InChI=1S/C38H45N3O2/c42-38(39-27-37(32-18-8-9-19-32)41-24-10-3-11-25-41)33-20-12-21-34(26-33)43-35-22-13-23-40(28-35)29-36(30-14-4-1-5-15-30)31-16-6-2-7-17-31/h1-2,4-9,12,14-18,20-21,26,35-37H,3,10-11,13,19,22-25,27-29H2,(H,39,42). The summed E-state index contributed by atoms with van der Waals surface area (Å²) in [7, 11) is 0. The van der Waals surface area contributed by atoms with Crippen molar-refractivity contribution in [1.29, 1.82) is 0 Å². The number of piperidine rings is 2. The van der Waals surface area contributed by atoms with Crippen molar-refractivity contribution in [2.45, 2.75) is 56.6 Å². The summed E-state index contributed by atoms with van der Waals surface area (Å²) >= 11 is 0. The number of likely N-dealkylation sites (tertiary alicyclic amines) is 2. The van der Waals surface area contributed by atoms with Crippen LogP contribution in [0.4, 0.5) is 0 Å². The third-order valence-electron chi connectivity index (χ3n) is 9.22. The number of carbonyl (C=O) groups is 1. The van der Waals surface area contributed by atoms with Gasteiger partial charge in [0.2, 0.25) is 0 Å². The van der Waals surface area contributed by atoms with Crippen LogP contribution in [0.25, 0.3) is 0 Å². The molecule has 2 heterocycles. The van der Waals surface area contributed by atoms with Gasteiger partial charge in [0, 0.05) is 37.2 Å². The fourth-order valence-corrected chi connectivity index (χ4v) is 6.94. The van der Waals surface area contributed by atoms with Crippen LogP contribution in [0, 0.1) is 0 Å². The van der Waals surface area contributed by atoms with Crippen molar-refractivity contribution < 1.29 is 9.53 Å². The van der Waals surface area contributed by atoms with Crippen LogP contribution >= 0.6 is 0 Å². The van der Waals surface area contributed by atoms with E-state index >= 15 is 0 Å². The molecule has 5 nitrogen and oxygen atoms in total. The minimum Gasteiger partial charge on any atom is -0.489 e. The number of ether oxygens (including phenoxy) is 1. The third kappa shape index (κ3) is 7.84. The molecule has 1 amide bonds. The molecule has 0 aromatic heterocycles. The first-order valence-electron chi connectivity index (χ1n) is 16.2. The topological polar surface area (TPSA) is 44.8 Å². The average molecular weight is 576 g/mol. The molecule has 3 aromatic rings. The largest absolute Gasteiger partial charge is 0.489 e. The number of nitrogens with one attached hydrogen (secondary N) is 1. The Morgan fingerprint density at radius 1 is 0.860 bits per heavy atom. The van der Waals surface area contributed by atoms with E-state index in [2.05, 4.69) is 94.0 Å². The minimum absolute atomic E-state index is 0.0298. The average Bonchev–Trinajstić information content (AvgIpc) is 3.60. The fraction of sp³-hybridized carbons (Fsp3) is 0.395. The van der Waals surface area contributed by atoms with Crippen LogP contribution in [0.1, 0.15) is 65.9 Å². The van der Waals surface area contributed by atoms with Gasteiger partial charge in [-0.05, 0) is 86.6 Å². The van der Waals surface area contributed by atoms with E-state index in [-0.39, 0.29) is 18.1 Å². The van der Waals surface area contributed by atoms with Crippen LogP contribution in [-0.4, -0.2) is 67.1 Å². The third-order valence-corrected chi connectivity index (χ3v) is 9.22. The van der Waals surface area contributed by atoms with Gasteiger partial charge in [0.15, 0.2) is 0 Å². The van der Waals surface area contributed by atoms with E-state index in [1.54, 1.807) is 0 Å². The lowest BCUT2D eigenvalue weighted by Crippen LogP contribution is -2.47. The van der Waals surface area contributed by atoms with E-state index in [4.69, 9.17) is 4.74 Å². The normalized spacial score (nSPS) is 20.1. The molecule has 5 heteroatoms. The molecule has 43 heavy (non-hydrogen) atoms. The molecule has 2 fully saturated rings. The second-order valence-electron chi connectivity index (χ2n) is 12.2. The first kappa shape index (κ1) is 29.4. The molecule has 0 saturated carbocycles. The molecule has 0 bridgehead atoms. The Kier molecular flexibility index (Phi) is 10.0. The fourth-order valence-electron chi connectivity index (χ4n) is 6.94. The molecule has 1 N–H and O–H groups in total. The quantitative estimate of drug-likeness (QED) is 0.272. The van der Waals surface area contributed by atoms with Gasteiger partial charge >= 0.3 is 0 Å². The van der Waals surface area contributed by atoms with Crippen molar-refractivity contribution in [2.75, 3.05) is 39.3 Å². The van der Waals surface area contributed by atoms with Gasteiger partial charge in [-0.25, -0.2) is 0 Å². The Hall–Kier alpha value is -3.67. The summed E-state index contributed by atoms with van der Waals surface area (Å²) in [4.78, 5) is 18.4. The van der Waals surface area contributed by atoms with E-state index < -0.39 is 0 Å². The van der Waals surface area contributed by atoms with Gasteiger partial charge in [-0.2, -0.15) is 0 Å². The SMILES string of the molecule is O=C(NCC(C1=CC=CC1)N1CCCCC1)c1cccc(OC2CCCN(CC(c3ccccc3)c3ccccc3)C2)c1. The Bertz CT molecular complexity index is 1340. The molecular weight excluding hydrogens is 530 g/mol. The number of nitrogens with zero attached hydrogens (tertiary/aromatic N) is 2. The van der Waals surface area contributed by atoms with E-state index in [1.807, 2.05) is 24.3 Å². The Balaban J connectivity index is 1.07. The maximum Gasteiger partial charge on any atom is 0.251 e. The number of hydrogen-bond acceptors (Lipinski definition) is 4. The Morgan fingerprint density at radius 3 is 2.30 bits per heavy atom. The second kappa shape index (κ2) is 14.7. The van der Waals surface area contributed by atoms with Gasteiger partial charge in [-0.15, -0.1) is 0 Å². The first-order chi connectivity index (χ1) is 21.2. The van der Waals surface area contributed by atoms with E-state index in [9.17, 15) is 4.79 Å². The van der Waals surface area contributed by atoms with Gasteiger partial charge in [0.05, 0.1) is 0 Å². The summed E-state index contributed by atoms with van der Waals surface area (Å²) in [6, 6.07) is 29.7. The smallest absolute Gasteiger partial charge is 0.251 e. The Morgan fingerprint density at radius 2 is 1.60 bits per heavy atom. The number of hydrogen-bond donors (Lipinski definition) is 1. The monoisotopic (exact) mass is 575 g/mol. The highest BCUT2D eigenvalue weighted by molar-refractivity contribution is 5.94. The van der Waals surface area contributed by atoms with Crippen LogP contribution in [0.3, 0.4) is 0 Å². The van der Waals surface area contributed by atoms with Gasteiger partial charge in [0.25, 0.3) is 5.91 Å². The first-order valence-corrected chi connectivity index (χ1v) is 16.2. The zero-order valence-electron chi connectivity index (χ0n) is 25.2. The lowest BCUT2D eigenvalue weighted by atomic mass is 9.90.